The Labute approximate surface area is 186 Å². The van der Waals surface area contributed by atoms with Crippen LogP contribution in [0.1, 0.15) is 34.5 Å². The van der Waals surface area contributed by atoms with Crippen LogP contribution in [-0.4, -0.2) is 21.1 Å². The summed E-state index contributed by atoms with van der Waals surface area (Å²) in [6, 6.07) is 20.7. The first-order chi connectivity index (χ1) is 15.4. The van der Waals surface area contributed by atoms with Crippen molar-refractivity contribution in [2.45, 2.75) is 13.0 Å². The number of carbonyl (C=O) groups is 1. The van der Waals surface area contributed by atoms with Crippen LogP contribution in [0.5, 0.6) is 11.5 Å². The molecule has 4 rings (SSSR count). The minimum absolute atomic E-state index is 0.192. The van der Waals surface area contributed by atoms with E-state index in [4.69, 9.17) is 9.47 Å². The Kier molecular flexibility index (Phi) is 6.13. The molecule has 3 aromatic rings. The lowest BCUT2D eigenvalue weighted by molar-refractivity contribution is 0.0940. The topological polar surface area (TPSA) is 93.7 Å². The second-order valence-electron chi connectivity index (χ2n) is 7.25. The highest BCUT2D eigenvalue weighted by atomic mass is 32.2. The van der Waals surface area contributed by atoms with Crippen LogP contribution in [0.4, 0.5) is 5.69 Å². The fourth-order valence-electron chi connectivity index (χ4n) is 3.17. The number of fused-ring (bicyclic) bond motifs is 1. The maximum absolute atomic E-state index is 12.6. The van der Waals surface area contributed by atoms with Crippen molar-refractivity contribution in [1.82, 2.24) is 5.32 Å². The standard InChI is InChI=1S/C24H22N2O5S/c1-17(20-9-12-22-23(15-20)31-16-30-22)25-24(27)19-7-10-21(11-8-19)26-32(28,29)14-13-18-5-3-2-4-6-18/h2-15,17,26H,16H2,1H3,(H,25,27). The predicted molar refractivity (Wildman–Crippen MR) is 123 cm³/mol. The van der Waals surface area contributed by atoms with Crippen molar-refractivity contribution in [3.63, 3.8) is 0 Å². The van der Waals surface area contributed by atoms with Gasteiger partial charge in [0.25, 0.3) is 15.9 Å². The number of sulfonamides is 1. The quantitative estimate of drug-likeness (QED) is 0.559. The van der Waals surface area contributed by atoms with E-state index in [1.54, 1.807) is 24.3 Å². The number of hydrogen-bond acceptors (Lipinski definition) is 5. The zero-order valence-corrected chi connectivity index (χ0v) is 18.1. The Bertz CT molecular complexity index is 1240. The highest BCUT2D eigenvalue weighted by molar-refractivity contribution is 7.95. The molecule has 0 bridgehead atoms. The van der Waals surface area contributed by atoms with Gasteiger partial charge in [0.1, 0.15) is 0 Å². The van der Waals surface area contributed by atoms with E-state index in [-0.39, 0.29) is 18.7 Å². The zero-order valence-electron chi connectivity index (χ0n) is 17.3. The van der Waals surface area contributed by atoms with Crippen molar-refractivity contribution in [3.8, 4) is 11.5 Å². The summed E-state index contributed by atoms with van der Waals surface area (Å²) in [6.07, 6.45) is 1.52. The maximum Gasteiger partial charge on any atom is 0.255 e. The molecule has 0 aliphatic carbocycles. The first-order valence-electron chi connectivity index (χ1n) is 9.96. The van der Waals surface area contributed by atoms with Gasteiger partial charge in [-0.2, -0.15) is 0 Å². The fraction of sp³-hybridized carbons (Fsp3) is 0.125. The van der Waals surface area contributed by atoms with Crippen LogP contribution in [0.15, 0.2) is 78.2 Å². The van der Waals surface area contributed by atoms with Gasteiger partial charge in [-0.25, -0.2) is 8.42 Å². The molecule has 1 aliphatic heterocycles. The molecule has 164 valence electrons. The van der Waals surface area contributed by atoms with Crippen molar-refractivity contribution >= 4 is 27.7 Å². The van der Waals surface area contributed by atoms with Crippen LogP contribution >= 0.6 is 0 Å². The summed E-state index contributed by atoms with van der Waals surface area (Å²) in [4.78, 5) is 12.6. The molecular formula is C24H22N2O5S. The van der Waals surface area contributed by atoms with Crippen molar-refractivity contribution in [2.24, 2.45) is 0 Å². The fourth-order valence-corrected chi connectivity index (χ4v) is 4.03. The third-order valence-corrected chi connectivity index (χ3v) is 5.91. The molecule has 3 aromatic carbocycles. The van der Waals surface area contributed by atoms with E-state index in [9.17, 15) is 13.2 Å². The lowest BCUT2D eigenvalue weighted by Gasteiger charge is -2.15. The van der Waals surface area contributed by atoms with E-state index in [1.165, 1.54) is 6.08 Å². The monoisotopic (exact) mass is 450 g/mol. The summed E-state index contributed by atoms with van der Waals surface area (Å²) in [5, 5.41) is 4.03. The van der Waals surface area contributed by atoms with Gasteiger partial charge in [-0.1, -0.05) is 36.4 Å². The van der Waals surface area contributed by atoms with Crippen molar-refractivity contribution in [3.05, 3.63) is 94.9 Å². The van der Waals surface area contributed by atoms with Gasteiger partial charge in [0.05, 0.1) is 11.4 Å². The van der Waals surface area contributed by atoms with Crippen molar-refractivity contribution < 1.29 is 22.7 Å². The average molecular weight is 451 g/mol. The highest BCUT2D eigenvalue weighted by Crippen LogP contribution is 2.34. The molecule has 1 unspecified atom stereocenters. The number of amides is 1. The normalized spacial score (nSPS) is 13.7. The molecule has 0 saturated heterocycles. The lowest BCUT2D eigenvalue weighted by atomic mass is 10.1. The van der Waals surface area contributed by atoms with Crippen LogP contribution in [0, 0.1) is 0 Å². The van der Waals surface area contributed by atoms with Crippen LogP contribution < -0.4 is 19.5 Å². The van der Waals surface area contributed by atoms with Crippen molar-refractivity contribution in [2.75, 3.05) is 11.5 Å². The Morgan fingerprint density at radius 3 is 2.44 bits per heavy atom. The SMILES string of the molecule is CC(NC(=O)c1ccc(NS(=O)(=O)C=Cc2ccccc2)cc1)c1ccc2c(c1)OCO2. The Hall–Kier alpha value is -3.78. The minimum Gasteiger partial charge on any atom is -0.454 e. The van der Waals surface area contributed by atoms with Crippen LogP contribution in [0.25, 0.3) is 6.08 Å². The van der Waals surface area contributed by atoms with Gasteiger partial charge in [0, 0.05) is 11.3 Å². The number of rotatable bonds is 7. The Morgan fingerprint density at radius 1 is 0.969 bits per heavy atom. The van der Waals surface area contributed by atoms with Gasteiger partial charge in [0.15, 0.2) is 11.5 Å². The second kappa shape index (κ2) is 9.15. The van der Waals surface area contributed by atoms with Crippen molar-refractivity contribution in [1.29, 1.82) is 0 Å². The molecule has 7 nitrogen and oxygen atoms in total. The molecule has 0 saturated carbocycles. The molecule has 0 aromatic heterocycles. The summed E-state index contributed by atoms with van der Waals surface area (Å²) in [5.74, 6) is 1.07. The number of nitrogens with one attached hydrogen (secondary N) is 2. The number of carbonyl (C=O) groups excluding carboxylic acids is 1. The van der Waals surface area contributed by atoms with E-state index in [1.807, 2.05) is 55.5 Å². The Balaban J connectivity index is 1.37. The summed E-state index contributed by atoms with van der Waals surface area (Å²) >= 11 is 0. The van der Waals surface area contributed by atoms with E-state index in [0.29, 0.717) is 22.7 Å². The molecule has 1 aliphatic rings. The average Bonchev–Trinajstić information content (AvgIpc) is 3.26. The summed E-state index contributed by atoms with van der Waals surface area (Å²) in [5.41, 5.74) is 2.45. The van der Waals surface area contributed by atoms with Crippen LogP contribution in [-0.2, 0) is 10.0 Å². The molecule has 0 spiro atoms. The van der Waals surface area contributed by atoms with E-state index < -0.39 is 10.0 Å². The third kappa shape index (κ3) is 5.28. The molecule has 0 fully saturated rings. The molecule has 8 heteroatoms. The molecule has 1 atom stereocenters. The van der Waals surface area contributed by atoms with Gasteiger partial charge in [-0.3, -0.25) is 9.52 Å². The smallest absolute Gasteiger partial charge is 0.255 e. The van der Waals surface area contributed by atoms with Gasteiger partial charge in [-0.05, 0) is 60.5 Å². The van der Waals surface area contributed by atoms with Crippen LogP contribution in [0.3, 0.4) is 0 Å². The molecule has 1 amide bonds. The second-order valence-corrected chi connectivity index (χ2v) is 8.81. The molecule has 1 heterocycles. The summed E-state index contributed by atoms with van der Waals surface area (Å²) in [7, 11) is -3.68. The lowest BCUT2D eigenvalue weighted by Crippen LogP contribution is -2.26. The molecule has 2 N–H and O–H groups in total. The maximum atomic E-state index is 12.6. The van der Waals surface area contributed by atoms with E-state index in [2.05, 4.69) is 10.0 Å². The zero-order chi connectivity index (χ0) is 22.6. The summed E-state index contributed by atoms with van der Waals surface area (Å²) in [6.45, 7) is 2.06. The van der Waals surface area contributed by atoms with Gasteiger partial charge >= 0.3 is 0 Å². The molecule has 0 radical (unpaired) electrons. The predicted octanol–water partition coefficient (Wildman–Crippen LogP) is 4.32. The third-order valence-electron chi connectivity index (χ3n) is 4.89. The molecule has 32 heavy (non-hydrogen) atoms. The first-order valence-corrected chi connectivity index (χ1v) is 11.5. The molecular weight excluding hydrogens is 428 g/mol. The summed E-state index contributed by atoms with van der Waals surface area (Å²) < 4.78 is 37.7. The first kappa shape index (κ1) is 21.5. The van der Waals surface area contributed by atoms with Crippen LogP contribution in [0.2, 0.25) is 0 Å². The Morgan fingerprint density at radius 2 is 1.69 bits per heavy atom. The van der Waals surface area contributed by atoms with Gasteiger partial charge < -0.3 is 14.8 Å². The van der Waals surface area contributed by atoms with E-state index in [0.717, 1.165) is 16.5 Å². The minimum atomic E-state index is -3.68. The van der Waals surface area contributed by atoms with Gasteiger partial charge in [-0.15, -0.1) is 0 Å². The number of benzene rings is 3. The van der Waals surface area contributed by atoms with E-state index >= 15 is 0 Å². The largest absolute Gasteiger partial charge is 0.454 e. The number of hydrogen-bond donors (Lipinski definition) is 2. The van der Waals surface area contributed by atoms with Gasteiger partial charge in [0.2, 0.25) is 6.79 Å². The highest BCUT2D eigenvalue weighted by Gasteiger charge is 2.17. The number of anilines is 1. The number of ether oxygens (including phenoxy) is 2.